The van der Waals surface area contributed by atoms with Crippen LogP contribution >= 0.6 is 23.4 Å². The van der Waals surface area contributed by atoms with E-state index in [0.717, 1.165) is 28.1 Å². The second-order valence-electron chi connectivity index (χ2n) is 6.92. The van der Waals surface area contributed by atoms with E-state index in [-0.39, 0.29) is 12.1 Å². The van der Waals surface area contributed by atoms with Crippen LogP contribution in [0.4, 0.5) is 0 Å². The van der Waals surface area contributed by atoms with Crippen LogP contribution < -0.4 is 0 Å². The second-order valence-corrected chi connectivity index (χ2v) is 8.76. The summed E-state index contributed by atoms with van der Waals surface area (Å²) >= 11 is 8.10. The molecule has 1 aromatic carbocycles. The lowest BCUT2D eigenvalue weighted by atomic mass is 10.0. The van der Waals surface area contributed by atoms with Gasteiger partial charge in [-0.05, 0) is 42.5 Å². The average Bonchev–Trinajstić information content (AvgIpc) is 3.36. The Morgan fingerprint density at radius 3 is 2.85 bits per heavy atom. The quantitative estimate of drug-likeness (QED) is 0.618. The van der Waals surface area contributed by atoms with Crippen molar-refractivity contribution in [2.45, 2.75) is 24.3 Å². The van der Waals surface area contributed by atoms with Gasteiger partial charge in [-0.25, -0.2) is 0 Å². The average molecular weight is 395 g/mol. The van der Waals surface area contributed by atoms with Gasteiger partial charge in [0.25, 0.3) is 0 Å². The van der Waals surface area contributed by atoms with Crippen LogP contribution in [0, 0.1) is 0 Å². The van der Waals surface area contributed by atoms with Crippen molar-refractivity contribution in [3.05, 3.63) is 83.4 Å². The molecule has 1 fully saturated rings. The minimum absolute atomic E-state index is 0.00552. The van der Waals surface area contributed by atoms with Crippen LogP contribution in [0.3, 0.4) is 0 Å². The molecule has 4 nitrogen and oxygen atoms in total. The summed E-state index contributed by atoms with van der Waals surface area (Å²) < 4.78 is 2.22. The molecule has 0 amide bonds. The number of aromatic nitrogens is 2. The number of fused-ring (bicyclic) bond motifs is 1. The highest BCUT2D eigenvalue weighted by Crippen LogP contribution is 2.47. The summed E-state index contributed by atoms with van der Waals surface area (Å²) in [6.07, 6.45) is 3.95. The number of rotatable bonds is 3. The first-order chi connectivity index (χ1) is 13.2. The molecular weight excluding hydrogens is 376 g/mol. The third-order valence-electron chi connectivity index (χ3n) is 5.05. The van der Waals surface area contributed by atoms with Gasteiger partial charge in [-0.1, -0.05) is 42.4 Å². The molecule has 136 valence electrons. The van der Waals surface area contributed by atoms with Crippen molar-refractivity contribution in [2.24, 2.45) is 4.99 Å². The number of benzene rings is 1. The van der Waals surface area contributed by atoms with Gasteiger partial charge in [-0.15, -0.1) is 0 Å². The monoisotopic (exact) mass is 394 g/mol. The summed E-state index contributed by atoms with van der Waals surface area (Å²) in [5.74, 6) is 0. The van der Waals surface area contributed by atoms with Crippen molar-refractivity contribution < 1.29 is 0 Å². The third-order valence-corrected chi connectivity index (χ3v) is 6.39. The van der Waals surface area contributed by atoms with Crippen LogP contribution in [-0.2, 0) is 0 Å². The number of nitrogens with zero attached hydrogens (tertiary/aromatic N) is 4. The van der Waals surface area contributed by atoms with Crippen LogP contribution in [0.1, 0.15) is 30.4 Å². The predicted molar refractivity (Wildman–Crippen MR) is 112 cm³/mol. The number of hydrogen-bond donors (Lipinski definition) is 0. The SMILES string of the molecule is C[C@@H]1CN2C(=N[C@@H](c3ccccn3)[C@H]2c2cccn2-c2cccc(Cl)c2)S1. The molecule has 2 aliphatic rings. The topological polar surface area (TPSA) is 33.4 Å². The van der Waals surface area contributed by atoms with E-state index >= 15 is 0 Å². The van der Waals surface area contributed by atoms with Crippen LogP contribution in [0.25, 0.3) is 5.69 Å². The lowest BCUT2D eigenvalue weighted by molar-refractivity contribution is 0.312. The summed E-state index contributed by atoms with van der Waals surface area (Å²) in [5.41, 5.74) is 3.29. The normalized spacial score (nSPS) is 24.1. The van der Waals surface area contributed by atoms with E-state index < -0.39 is 0 Å². The fourth-order valence-corrected chi connectivity index (χ4v) is 5.21. The highest BCUT2D eigenvalue weighted by molar-refractivity contribution is 8.14. The maximum Gasteiger partial charge on any atom is 0.160 e. The van der Waals surface area contributed by atoms with Crippen molar-refractivity contribution in [1.29, 1.82) is 0 Å². The van der Waals surface area contributed by atoms with E-state index in [9.17, 15) is 0 Å². The number of halogens is 1. The second kappa shape index (κ2) is 6.73. The zero-order chi connectivity index (χ0) is 18.4. The Hall–Kier alpha value is -2.24. The molecule has 5 rings (SSSR count). The number of pyridine rings is 1. The predicted octanol–water partition coefficient (Wildman–Crippen LogP) is 5.12. The molecule has 0 N–H and O–H groups in total. The first-order valence-corrected chi connectivity index (χ1v) is 10.3. The van der Waals surface area contributed by atoms with Gasteiger partial charge in [-0.2, -0.15) is 0 Å². The molecule has 6 heteroatoms. The summed E-state index contributed by atoms with van der Waals surface area (Å²) in [6.45, 7) is 3.26. The third kappa shape index (κ3) is 2.95. The van der Waals surface area contributed by atoms with Crippen molar-refractivity contribution in [3.63, 3.8) is 0 Å². The van der Waals surface area contributed by atoms with E-state index in [4.69, 9.17) is 16.6 Å². The van der Waals surface area contributed by atoms with Gasteiger partial charge in [0.15, 0.2) is 5.17 Å². The fraction of sp³-hybridized carbons (Fsp3) is 0.238. The highest BCUT2D eigenvalue weighted by atomic mass is 35.5. The number of hydrogen-bond acceptors (Lipinski definition) is 4. The molecule has 27 heavy (non-hydrogen) atoms. The summed E-state index contributed by atoms with van der Waals surface area (Å²) in [5, 5.41) is 2.41. The Morgan fingerprint density at radius 1 is 1.11 bits per heavy atom. The summed E-state index contributed by atoms with van der Waals surface area (Å²) in [7, 11) is 0. The maximum absolute atomic E-state index is 6.25. The number of amidine groups is 1. The molecule has 2 aliphatic heterocycles. The maximum atomic E-state index is 6.25. The lowest BCUT2D eigenvalue weighted by Gasteiger charge is -2.28. The van der Waals surface area contributed by atoms with E-state index in [2.05, 4.69) is 51.8 Å². The minimum Gasteiger partial charge on any atom is -0.339 e. The van der Waals surface area contributed by atoms with Crippen LogP contribution in [-0.4, -0.2) is 31.4 Å². The first kappa shape index (κ1) is 16.9. The molecule has 0 spiro atoms. The molecule has 2 aromatic heterocycles. The van der Waals surface area contributed by atoms with Gasteiger partial charge in [0.2, 0.25) is 0 Å². The molecule has 0 aliphatic carbocycles. The van der Waals surface area contributed by atoms with E-state index in [1.807, 2.05) is 48.3 Å². The van der Waals surface area contributed by atoms with Crippen molar-refractivity contribution in [3.8, 4) is 5.69 Å². The van der Waals surface area contributed by atoms with Gasteiger partial charge in [0.05, 0.1) is 11.7 Å². The van der Waals surface area contributed by atoms with Crippen molar-refractivity contribution in [2.75, 3.05) is 6.54 Å². The lowest BCUT2D eigenvalue weighted by Crippen LogP contribution is -2.30. The Kier molecular flexibility index (Phi) is 4.21. The van der Waals surface area contributed by atoms with E-state index in [1.165, 1.54) is 5.69 Å². The Morgan fingerprint density at radius 2 is 2.04 bits per heavy atom. The molecule has 3 atom stereocenters. The van der Waals surface area contributed by atoms with Crippen LogP contribution in [0.5, 0.6) is 0 Å². The van der Waals surface area contributed by atoms with E-state index in [0.29, 0.717) is 5.25 Å². The van der Waals surface area contributed by atoms with Crippen LogP contribution in [0.2, 0.25) is 5.02 Å². The first-order valence-electron chi connectivity index (χ1n) is 9.06. The summed E-state index contributed by atoms with van der Waals surface area (Å²) in [6, 6.07) is 18.4. The molecule has 3 aromatic rings. The zero-order valence-corrected chi connectivity index (χ0v) is 16.4. The number of thioether (sulfide) groups is 1. The molecule has 0 bridgehead atoms. The Bertz CT molecular complexity index is 1000. The largest absolute Gasteiger partial charge is 0.339 e. The van der Waals surface area contributed by atoms with E-state index in [1.54, 1.807) is 0 Å². The molecular formula is C21H19ClN4S. The Balaban J connectivity index is 1.62. The highest BCUT2D eigenvalue weighted by Gasteiger charge is 2.44. The van der Waals surface area contributed by atoms with Gasteiger partial charge in [0, 0.05) is 40.6 Å². The van der Waals surface area contributed by atoms with Crippen molar-refractivity contribution >= 4 is 28.5 Å². The molecule has 1 saturated heterocycles. The van der Waals surface area contributed by atoms with Crippen LogP contribution in [0.15, 0.2) is 72.0 Å². The standard InChI is InChI=1S/C21H19ClN4S/c1-14-13-26-20(19(24-21(26)27-14)17-8-2-3-10-23-17)18-9-5-11-25(18)16-7-4-6-15(22)12-16/h2-12,14,19-20H,13H2,1H3/t14-,19+,20-/m1/s1. The molecule has 0 saturated carbocycles. The molecule has 0 unspecified atom stereocenters. The minimum atomic E-state index is -0.00552. The van der Waals surface area contributed by atoms with Crippen molar-refractivity contribution in [1.82, 2.24) is 14.5 Å². The Labute approximate surface area is 167 Å². The van der Waals surface area contributed by atoms with Gasteiger partial charge in [0.1, 0.15) is 6.04 Å². The van der Waals surface area contributed by atoms with Gasteiger partial charge in [-0.3, -0.25) is 9.98 Å². The molecule has 0 radical (unpaired) electrons. The smallest absolute Gasteiger partial charge is 0.160 e. The fourth-order valence-electron chi connectivity index (χ4n) is 3.93. The van der Waals surface area contributed by atoms with Gasteiger partial charge >= 0.3 is 0 Å². The molecule has 4 heterocycles. The zero-order valence-electron chi connectivity index (χ0n) is 14.9. The summed E-state index contributed by atoms with van der Waals surface area (Å²) in [4.78, 5) is 12.1. The van der Waals surface area contributed by atoms with Gasteiger partial charge < -0.3 is 9.47 Å². The number of aliphatic imine (C=N–C) groups is 1.